The Balaban J connectivity index is 2.42. The second-order valence-electron chi connectivity index (χ2n) is 3.98. The van der Waals surface area contributed by atoms with E-state index in [9.17, 15) is 9.59 Å². The van der Waals surface area contributed by atoms with Gasteiger partial charge in [-0.1, -0.05) is 18.2 Å². The molecule has 1 aliphatic heterocycles. The Morgan fingerprint density at radius 1 is 1.35 bits per heavy atom. The molecule has 1 aromatic rings. The second kappa shape index (κ2) is 4.57. The van der Waals surface area contributed by atoms with Crippen LogP contribution < -0.4 is 5.32 Å². The number of nitrogens with one attached hydrogen (secondary N) is 1. The molecule has 90 valence electrons. The predicted octanol–water partition coefficient (Wildman–Crippen LogP) is 1.34. The van der Waals surface area contributed by atoms with Crippen LogP contribution in [0.5, 0.6) is 0 Å². The predicted molar refractivity (Wildman–Crippen MR) is 64.6 cm³/mol. The number of likely N-dealkylation sites (N-methyl/N-ethyl adjacent to an activating group) is 2. The van der Waals surface area contributed by atoms with Crippen LogP contribution in [0.1, 0.15) is 35.8 Å². The van der Waals surface area contributed by atoms with Crippen molar-refractivity contribution in [3.05, 3.63) is 35.4 Å². The average Bonchev–Trinajstić information content (AvgIpc) is 2.63. The lowest BCUT2D eigenvalue weighted by atomic mass is 10.0. The topological polar surface area (TPSA) is 49.4 Å². The summed E-state index contributed by atoms with van der Waals surface area (Å²) in [6.45, 7) is 4.87. The number of rotatable bonds is 3. The molecule has 1 unspecified atom stereocenters. The van der Waals surface area contributed by atoms with Gasteiger partial charge in [0.05, 0.1) is 0 Å². The van der Waals surface area contributed by atoms with E-state index in [4.69, 9.17) is 0 Å². The highest BCUT2D eigenvalue weighted by molar-refractivity contribution is 6.04. The molecule has 2 rings (SSSR count). The Labute approximate surface area is 101 Å². The van der Waals surface area contributed by atoms with Gasteiger partial charge in [0, 0.05) is 18.7 Å². The van der Waals surface area contributed by atoms with E-state index < -0.39 is 6.04 Å². The molecule has 2 amide bonds. The van der Waals surface area contributed by atoms with Crippen molar-refractivity contribution in [1.29, 1.82) is 0 Å². The molecular formula is C13H16N2O2. The summed E-state index contributed by atoms with van der Waals surface area (Å²) in [4.78, 5) is 25.7. The van der Waals surface area contributed by atoms with E-state index in [1.165, 1.54) is 0 Å². The van der Waals surface area contributed by atoms with Crippen LogP contribution in [0.4, 0.5) is 0 Å². The molecule has 4 nitrogen and oxygen atoms in total. The van der Waals surface area contributed by atoms with Crippen LogP contribution in [0.3, 0.4) is 0 Å². The Hall–Kier alpha value is -1.84. The fraction of sp³-hybridized carbons (Fsp3) is 0.385. The van der Waals surface area contributed by atoms with Gasteiger partial charge in [-0.2, -0.15) is 0 Å². The first-order chi connectivity index (χ1) is 8.20. The monoisotopic (exact) mass is 232 g/mol. The quantitative estimate of drug-likeness (QED) is 0.855. The summed E-state index contributed by atoms with van der Waals surface area (Å²) in [6.07, 6.45) is 0. The van der Waals surface area contributed by atoms with Crippen molar-refractivity contribution in [3.8, 4) is 0 Å². The van der Waals surface area contributed by atoms with Crippen LogP contribution in [0.25, 0.3) is 0 Å². The number of hydrogen-bond acceptors (Lipinski definition) is 2. The summed E-state index contributed by atoms with van der Waals surface area (Å²) in [6, 6.07) is 6.84. The van der Waals surface area contributed by atoms with Crippen molar-refractivity contribution in [2.24, 2.45) is 0 Å². The lowest BCUT2D eigenvalue weighted by Gasteiger charge is -2.22. The summed E-state index contributed by atoms with van der Waals surface area (Å²) in [5, 5.41) is 2.78. The summed E-state index contributed by atoms with van der Waals surface area (Å²) in [5.41, 5.74) is 1.45. The molecule has 17 heavy (non-hydrogen) atoms. The molecular weight excluding hydrogens is 216 g/mol. The first-order valence-corrected chi connectivity index (χ1v) is 5.88. The lowest BCUT2D eigenvalue weighted by Crippen LogP contribution is -2.38. The summed E-state index contributed by atoms with van der Waals surface area (Å²) in [7, 11) is 0. The van der Waals surface area contributed by atoms with Crippen molar-refractivity contribution >= 4 is 11.8 Å². The Kier molecular flexibility index (Phi) is 3.13. The van der Waals surface area contributed by atoms with E-state index in [1.807, 2.05) is 32.0 Å². The SMILES string of the molecule is CCNC(=O)C1c2ccccc2C(=O)N1CC. The van der Waals surface area contributed by atoms with Gasteiger partial charge in [0.2, 0.25) is 5.91 Å². The molecule has 1 N–H and O–H groups in total. The number of carbonyl (C=O) groups is 2. The average molecular weight is 232 g/mol. The molecule has 1 aromatic carbocycles. The van der Waals surface area contributed by atoms with Crippen molar-refractivity contribution in [3.63, 3.8) is 0 Å². The number of benzene rings is 1. The maximum Gasteiger partial charge on any atom is 0.255 e. The van der Waals surface area contributed by atoms with Crippen LogP contribution in [0.2, 0.25) is 0 Å². The number of nitrogens with zero attached hydrogens (tertiary/aromatic N) is 1. The van der Waals surface area contributed by atoms with E-state index in [1.54, 1.807) is 11.0 Å². The first kappa shape index (κ1) is 11.6. The minimum atomic E-state index is -0.469. The smallest absolute Gasteiger partial charge is 0.255 e. The number of hydrogen-bond donors (Lipinski definition) is 1. The van der Waals surface area contributed by atoms with Gasteiger partial charge >= 0.3 is 0 Å². The maximum absolute atomic E-state index is 12.1. The molecule has 0 spiro atoms. The van der Waals surface area contributed by atoms with Gasteiger partial charge in [-0.25, -0.2) is 0 Å². The third-order valence-electron chi connectivity index (χ3n) is 3.00. The fourth-order valence-electron chi connectivity index (χ4n) is 2.25. The molecule has 1 heterocycles. The molecule has 0 aromatic heterocycles. The molecule has 0 saturated heterocycles. The Bertz CT molecular complexity index is 456. The Morgan fingerprint density at radius 3 is 2.71 bits per heavy atom. The summed E-state index contributed by atoms with van der Waals surface area (Å²) >= 11 is 0. The van der Waals surface area contributed by atoms with E-state index >= 15 is 0 Å². The van der Waals surface area contributed by atoms with E-state index in [0.717, 1.165) is 5.56 Å². The van der Waals surface area contributed by atoms with E-state index in [0.29, 0.717) is 18.7 Å². The van der Waals surface area contributed by atoms with E-state index in [-0.39, 0.29) is 11.8 Å². The highest BCUT2D eigenvalue weighted by Gasteiger charge is 2.39. The highest BCUT2D eigenvalue weighted by atomic mass is 16.2. The van der Waals surface area contributed by atoms with Crippen molar-refractivity contribution in [2.45, 2.75) is 19.9 Å². The zero-order chi connectivity index (χ0) is 12.4. The van der Waals surface area contributed by atoms with Crippen LogP contribution >= 0.6 is 0 Å². The standard InChI is InChI=1S/C13H16N2O2/c1-3-14-12(16)11-9-7-5-6-8-10(9)13(17)15(11)4-2/h5-8,11H,3-4H2,1-2H3,(H,14,16). The van der Waals surface area contributed by atoms with Gasteiger partial charge in [0.15, 0.2) is 0 Å². The molecule has 0 saturated carbocycles. The van der Waals surface area contributed by atoms with Crippen LogP contribution in [-0.2, 0) is 4.79 Å². The van der Waals surface area contributed by atoms with Crippen LogP contribution in [-0.4, -0.2) is 29.8 Å². The minimum absolute atomic E-state index is 0.0562. The van der Waals surface area contributed by atoms with Gasteiger partial charge in [-0.15, -0.1) is 0 Å². The van der Waals surface area contributed by atoms with Gasteiger partial charge < -0.3 is 10.2 Å². The largest absolute Gasteiger partial charge is 0.354 e. The summed E-state index contributed by atoms with van der Waals surface area (Å²) < 4.78 is 0. The van der Waals surface area contributed by atoms with Crippen molar-refractivity contribution < 1.29 is 9.59 Å². The van der Waals surface area contributed by atoms with Gasteiger partial charge in [-0.05, 0) is 25.5 Å². The third-order valence-corrected chi connectivity index (χ3v) is 3.00. The van der Waals surface area contributed by atoms with E-state index in [2.05, 4.69) is 5.32 Å². The normalized spacial score (nSPS) is 18.1. The van der Waals surface area contributed by atoms with Crippen LogP contribution in [0, 0.1) is 0 Å². The zero-order valence-electron chi connectivity index (χ0n) is 10.1. The molecule has 1 aliphatic rings. The second-order valence-corrected chi connectivity index (χ2v) is 3.98. The van der Waals surface area contributed by atoms with Crippen molar-refractivity contribution in [2.75, 3.05) is 13.1 Å². The third kappa shape index (κ3) is 1.79. The molecule has 0 bridgehead atoms. The first-order valence-electron chi connectivity index (χ1n) is 5.88. The van der Waals surface area contributed by atoms with Crippen molar-refractivity contribution in [1.82, 2.24) is 10.2 Å². The fourth-order valence-corrected chi connectivity index (χ4v) is 2.25. The lowest BCUT2D eigenvalue weighted by molar-refractivity contribution is -0.125. The molecule has 0 radical (unpaired) electrons. The molecule has 0 fully saturated rings. The minimum Gasteiger partial charge on any atom is -0.354 e. The zero-order valence-corrected chi connectivity index (χ0v) is 10.1. The van der Waals surface area contributed by atoms with Crippen LogP contribution in [0.15, 0.2) is 24.3 Å². The number of fused-ring (bicyclic) bond motifs is 1. The van der Waals surface area contributed by atoms with Gasteiger partial charge in [0.25, 0.3) is 5.91 Å². The van der Waals surface area contributed by atoms with Gasteiger partial charge in [0.1, 0.15) is 6.04 Å². The molecule has 1 atom stereocenters. The number of carbonyl (C=O) groups excluding carboxylic acids is 2. The summed E-state index contributed by atoms with van der Waals surface area (Å²) in [5.74, 6) is -0.160. The molecule has 4 heteroatoms. The maximum atomic E-state index is 12.1. The molecule has 0 aliphatic carbocycles. The number of amides is 2. The highest BCUT2D eigenvalue weighted by Crippen LogP contribution is 2.33. The Morgan fingerprint density at radius 2 is 2.06 bits per heavy atom. The van der Waals surface area contributed by atoms with Gasteiger partial charge in [-0.3, -0.25) is 9.59 Å².